The zero-order chi connectivity index (χ0) is 17.0. The van der Waals surface area contributed by atoms with E-state index in [9.17, 15) is 0 Å². The highest BCUT2D eigenvalue weighted by atomic mass is 32.1. The van der Waals surface area contributed by atoms with Gasteiger partial charge in [-0.3, -0.25) is 9.88 Å². The number of nitrogens with zero attached hydrogens (tertiary/aromatic N) is 2. The van der Waals surface area contributed by atoms with Gasteiger partial charge in [0.05, 0.1) is 19.3 Å². The van der Waals surface area contributed by atoms with Crippen molar-refractivity contribution >= 4 is 11.3 Å². The van der Waals surface area contributed by atoms with Crippen LogP contribution in [0.3, 0.4) is 0 Å². The Morgan fingerprint density at radius 2 is 2.36 bits per heavy atom. The van der Waals surface area contributed by atoms with Crippen molar-refractivity contribution in [1.29, 1.82) is 0 Å². The first kappa shape index (κ1) is 17.2. The van der Waals surface area contributed by atoms with E-state index in [-0.39, 0.29) is 5.41 Å². The van der Waals surface area contributed by atoms with Crippen LogP contribution in [0.4, 0.5) is 0 Å². The molecule has 0 saturated carbocycles. The molecular formula is C20H26N2O2S. The number of thiophene rings is 1. The molecule has 4 nitrogen and oxygen atoms in total. The highest BCUT2D eigenvalue weighted by Crippen LogP contribution is 2.41. The molecule has 2 saturated heterocycles. The van der Waals surface area contributed by atoms with Gasteiger partial charge in [-0.15, -0.1) is 11.3 Å². The molecule has 0 aliphatic carbocycles. The van der Waals surface area contributed by atoms with E-state index in [1.54, 1.807) is 6.20 Å². The Labute approximate surface area is 153 Å². The van der Waals surface area contributed by atoms with E-state index in [4.69, 9.17) is 9.47 Å². The van der Waals surface area contributed by atoms with Crippen LogP contribution in [0.15, 0.2) is 42.0 Å². The largest absolute Gasteiger partial charge is 0.377 e. The Bertz CT molecular complexity index is 649. The van der Waals surface area contributed by atoms with E-state index >= 15 is 0 Å². The number of piperidine rings is 1. The maximum Gasteiger partial charge on any atom is 0.0732 e. The summed E-state index contributed by atoms with van der Waals surface area (Å²) in [5.74, 6) is 0. The van der Waals surface area contributed by atoms with Gasteiger partial charge in [0.15, 0.2) is 0 Å². The van der Waals surface area contributed by atoms with E-state index < -0.39 is 0 Å². The highest BCUT2D eigenvalue weighted by Gasteiger charge is 2.46. The van der Waals surface area contributed by atoms with Gasteiger partial charge in [-0.1, -0.05) is 12.1 Å². The second-order valence-electron chi connectivity index (χ2n) is 7.26. The van der Waals surface area contributed by atoms with Gasteiger partial charge in [0.2, 0.25) is 0 Å². The van der Waals surface area contributed by atoms with Crippen LogP contribution in [0.5, 0.6) is 0 Å². The zero-order valence-electron chi connectivity index (χ0n) is 14.6. The van der Waals surface area contributed by atoms with Gasteiger partial charge < -0.3 is 9.47 Å². The lowest BCUT2D eigenvalue weighted by atomic mass is 9.73. The summed E-state index contributed by atoms with van der Waals surface area (Å²) in [6.07, 6.45) is 7.48. The molecular weight excluding hydrogens is 332 g/mol. The Morgan fingerprint density at radius 1 is 1.36 bits per heavy atom. The predicted octanol–water partition coefficient (Wildman–Crippen LogP) is 3.73. The zero-order valence-corrected chi connectivity index (χ0v) is 15.4. The van der Waals surface area contributed by atoms with E-state index in [0.29, 0.717) is 12.7 Å². The summed E-state index contributed by atoms with van der Waals surface area (Å²) in [6.45, 7) is 5.55. The fourth-order valence-corrected chi connectivity index (χ4v) is 4.95. The molecule has 2 aliphatic rings. The van der Waals surface area contributed by atoms with Crippen LogP contribution >= 0.6 is 11.3 Å². The second-order valence-corrected chi connectivity index (χ2v) is 8.29. The number of ether oxygens (including phenoxy) is 2. The lowest BCUT2D eigenvalue weighted by Crippen LogP contribution is -2.56. The summed E-state index contributed by atoms with van der Waals surface area (Å²) in [5.41, 5.74) is 1.27. The van der Waals surface area contributed by atoms with Crippen LogP contribution in [0.1, 0.15) is 29.7 Å². The molecule has 2 aliphatic heterocycles. The first-order chi connectivity index (χ1) is 12.3. The predicted molar refractivity (Wildman–Crippen MR) is 99.5 cm³/mol. The Balaban J connectivity index is 1.40. The van der Waals surface area contributed by atoms with Crippen molar-refractivity contribution in [1.82, 2.24) is 9.88 Å². The molecule has 0 aromatic carbocycles. The van der Waals surface area contributed by atoms with Gasteiger partial charge in [0.25, 0.3) is 0 Å². The average molecular weight is 359 g/mol. The number of likely N-dealkylation sites (tertiary alicyclic amines) is 1. The topological polar surface area (TPSA) is 34.6 Å². The number of aromatic nitrogens is 1. The van der Waals surface area contributed by atoms with Gasteiger partial charge >= 0.3 is 0 Å². The van der Waals surface area contributed by atoms with Crippen LogP contribution in [-0.2, 0) is 22.6 Å². The number of rotatable bonds is 6. The molecule has 2 atom stereocenters. The van der Waals surface area contributed by atoms with Crippen molar-refractivity contribution in [3.63, 3.8) is 0 Å². The van der Waals surface area contributed by atoms with E-state index in [2.05, 4.69) is 33.5 Å². The van der Waals surface area contributed by atoms with E-state index in [1.807, 2.05) is 23.6 Å². The van der Waals surface area contributed by atoms with Crippen LogP contribution < -0.4 is 0 Å². The SMILES string of the molecule is c1cncc(COC[C@@]23CCCO[C@@H]2CCN(Cc2cccs2)C3)c1. The monoisotopic (exact) mass is 358 g/mol. The molecule has 0 unspecified atom stereocenters. The minimum atomic E-state index is 0.135. The smallest absolute Gasteiger partial charge is 0.0732 e. The third kappa shape index (κ3) is 4.11. The molecule has 4 heterocycles. The molecule has 2 fully saturated rings. The lowest BCUT2D eigenvalue weighted by molar-refractivity contribution is -0.155. The van der Waals surface area contributed by atoms with Gasteiger partial charge in [-0.25, -0.2) is 0 Å². The average Bonchev–Trinajstić information content (AvgIpc) is 3.15. The summed E-state index contributed by atoms with van der Waals surface area (Å²) < 4.78 is 12.3. The Kier molecular flexibility index (Phi) is 5.46. The summed E-state index contributed by atoms with van der Waals surface area (Å²) in [6, 6.07) is 8.42. The van der Waals surface area contributed by atoms with Crippen molar-refractivity contribution in [2.24, 2.45) is 5.41 Å². The van der Waals surface area contributed by atoms with E-state index in [0.717, 1.165) is 51.3 Å². The first-order valence-corrected chi connectivity index (χ1v) is 10.1. The summed E-state index contributed by atoms with van der Waals surface area (Å²) in [7, 11) is 0. The lowest BCUT2D eigenvalue weighted by Gasteiger charge is -2.50. The Hall–Kier alpha value is -1.27. The quantitative estimate of drug-likeness (QED) is 0.788. The fourth-order valence-electron chi connectivity index (χ4n) is 4.21. The second kappa shape index (κ2) is 7.96. The van der Waals surface area contributed by atoms with Gasteiger partial charge in [0.1, 0.15) is 0 Å². The summed E-state index contributed by atoms with van der Waals surface area (Å²) >= 11 is 1.85. The van der Waals surface area contributed by atoms with Gasteiger partial charge in [0, 0.05) is 48.9 Å². The molecule has 2 aromatic heterocycles. The third-order valence-corrected chi connectivity index (χ3v) is 6.27. The molecule has 134 valence electrons. The standard InChI is InChI=1S/C20H26N2O2S/c1-4-17(12-21-8-1)14-23-16-20-7-3-10-24-19(20)6-9-22(15-20)13-18-5-2-11-25-18/h1-2,4-5,8,11-12,19H,3,6-7,9-10,13-16H2/t19-,20+/m1/s1. The fraction of sp³-hybridized carbons (Fsp3) is 0.550. The van der Waals surface area contributed by atoms with Crippen LogP contribution in [0.2, 0.25) is 0 Å². The molecule has 0 bridgehead atoms. The molecule has 0 spiro atoms. The van der Waals surface area contributed by atoms with Gasteiger partial charge in [-0.2, -0.15) is 0 Å². The number of hydrogen-bond donors (Lipinski definition) is 0. The number of fused-ring (bicyclic) bond motifs is 1. The van der Waals surface area contributed by atoms with Gasteiger partial charge in [-0.05, 0) is 42.3 Å². The molecule has 4 rings (SSSR count). The molecule has 25 heavy (non-hydrogen) atoms. The minimum absolute atomic E-state index is 0.135. The number of pyridine rings is 1. The molecule has 0 amide bonds. The summed E-state index contributed by atoms with van der Waals surface area (Å²) in [4.78, 5) is 8.21. The van der Waals surface area contributed by atoms with E-state index in [1.165, 1.54) is 11.3 Å². The maximum atomic E-state index is 6.16. The molecule has 2 aromatic rings. The maximum absolute atomic E-state index is 6.16. The van der Waals surface area contributed by atoms with Crippen molar-refractivity contribution in [2.75, 3.05) is 26.3 Å². The Morgan fingerprint density at radius 3 is 3.20 bits per heavy atom. The highest BCUT2D eigenvalue weighted by molar-refractivity contribution is 7.09. The normalized spacial score (nSPS) is 27.1. The van der Waals surface area contributed by atoms with Crippen molar-refractivity contribution in [3.05, 3.63) is 52.5 Å². The van der Waals surface area contributed by atoms with Crippen molar-refractivity contribution < 1.29 is 9.47 Å². The molecule has 0 N–H and O–H groups in total. The molecule has 0 radical (unpaired) electrons. The van der Waals surface area contributed by atoms with Crippen molar-refractivity contribution in [2.45, 2.75) is 38.5 Å². The van der Waals surface area contributed by atoms with Crippen LogP contribution in [0, 0.1) is 5.41 Å². The number of hydrogen-bond acceptors (Lipinski definition) is 5. The van der Waals surface area contributed by atoms with Crippen LogP contribution in [-0.4, -0.2) is 42.3 Å². The van der Waals surface area contributed by atoms with Crippen molar-refractivity contribution in [3.8, 4) is 0 Å². The minimum Gasteiger partial charge on any atom is -0.377 e. The molecule has 5 heteroatoms. The third-order valence-electron chi connectivity index (χ3n) is 5.41. The van der Waals surface area contributed by atoms with Crippen LogP contribution in [0.25, 0.3) is 0 Å². The first-order valence-electron chi connectivity index (χ1n) is 9.17. The summed E-state index contributed by atoms with van der Waals surface area (Å²) in [5, 5.41) is 2.17.